The number of nitrogens with zero attached hydrogens (tertiary/aromatic N) is 2. The molecule has 1 heterocycles. The fourth-order valence-electron chi connectivity index (χ4n) is 2.71. The van der Waals surface area contributed by atoms with E-state index in [1.807, 2.05) is 6.92 Å². The summed E-state index contributed by atoms with van der Waals surface area (Å²) in [6.45, 7) is 4.56. The minimum Gasteiger partial charge on any atom is -0.465 e. The third-order valence-electron chi connectivity index (χ3n) is 3.69. The summed E-state index contributed by atoms with van der Waals surface area (Å²) in [4.78, 5) is 11.4. The van der Waals surface area contributed by atoms with Crippen molar-refractivity contribution >= 4 is 5.97 Å². The first-order valence-corrected chi connectivity index (χ1v) is 5.92. The molecule has 0 radical (unpaired) electrons. The molecule has 0 aromatic carbocycles. The maximum Gasteiger partial charge on any atom is 0.327 e. The van der Waals surface area contributed by atoms with Crippen LogP contribution in [-0.2, 0) is 22.5 Å². The van der Waals surface area contributed by atoms with Gasteiger partial charge in [-0.1, -0.05) is 0 Å². The highest BCUT2D eigenvalue weighted by atomic mass is 16.5. The molecule has 1 aromatic rings. The second kappa shape index (κ2) is 3.34. The molecule has 4 nitrogen and oxygen atoms in total. The Morgan fingerprint density at radius 3 is 3.12 bits per heavy atom. The minimum absolute atomic E-state index is 0.195. The van der Waals surface area contributed by atoms with Crippen LogP contribution in [0.5, 0.6) is 0 Å². The molecule has 0 bridgehead atoms. The highest BCUT2D eigenvalue weighted by Crippen LogP contribution is 2.56. The van der Waals surface area contributed by atoms with Gasteiger partial charge >= 0.3 is 5.97 Å². The van der Waals surface area contributed by atoms with Crippen molar-refractivity contribution in [3.8, 4) is 0 Å². The molecule has 4 heteroatoms. The molecule has 1 fully saturated rings. The Bertz CT molecular complexity index is 450. The zero-order valence-corrected chi connectivity index (χ0v) is 9.69. The number of hydrogen-bond acceptors (Lipinski definition) is 3. The molecule has 0 aliphatic heterocycles. The highest BCUT2D eigenvalue weighted by Gasteiger charge is 2.48. The van der Waals surface area contributed by atoms with E-state index in [-0.39, 0.29) is 12.5 Å². The van der Waals surface area contributed by atoms with Crippen LogP contribution in [-0.4, -0.2) is 22.4 Å². The van der Waals surface area contributed by atoms with Gasteiger partial charge in [0.1, 0.15) is 6.54 Å². The van der Waals surface area contributed by atoms with E-state index in [0.29, 0.717) is 12.5 Å². The maximum atomic E-state index is 11.4. The highest BCUT2D eigenvalue weighted by molar-refractivity contribution is 5.69. The van der Waals surface area contributed by atoms with Crippen LogP contribution in [0.4, 0.5) is 0 Å². The number of carbonyl (C=O) groups excluding carboxylic acids is 1. The summed E-state index contributed by atoms with van der Waals surface area (Å²) in [5, 5.41) is 4.55. The molecule has 1 aromatic heterocycles. The van der Waals surface area contributed by atoms with Gasteiger partial charge < -0.3 is 4.74 Å². The van der Waals surface area contributed by atoms with Gasteiger partial charge in [-0.25, -0.2) is 0 Å². The largest absolute Gasteiger partial charge is 0.465 e. The SMILES string of the molecule is CCOC(=O)Cn1nc2c(c1C)CC1CC21. The van der Waals surface area contributed by atoms with Gasteiger partial charge in [-0.15, -0.1) is 0 Å². The average Bonchev–Trinajstić information content (AvgIpc) is 2.83. The Labute approximate surface area is 94.6 Å². The summed E-state index contributed by atoms with van der Waals surface area (Å²) in [6.07, 6.45) is 2.46. The zero-order valence-electron chi connectivity index (χ0n) is 9.69. The number of fused-ring (bicyclic) bond motifs is 3. The standard InChI is InChI=1S/C12H16N2O2/c1-3-16-11(15)6-14-7(2)9-4-8-5-10(8)12(9)13-14/h8,10H,3-6H2,1-2H3. The lowest BCUT2D eigenvalue weighted by atomic mass is 10.1. The van der Waals surface area contributed by atoms with Crippen LogP contribution in [0.2, 0.25) is 0 Å². The Kier molecular flexibility index (Phi) is 2.06. The molecule has 0 N–H and O–H groups in total. The zero-order chi connectivity index (χ0) is 11.3. The van der Waals surface area contributed by atoms with Crippen molar-refractivity contribution in [1.82, 2.24) is 9.78 Å². The molecule has 16 heavy (non-hydrogen) atoms. The van der Waals surface area contributed by atoms with Crippen LogP contribution in [0.1, 0.15) is 36.2 Å². The second-order valence-electron chi connectivity index (χ2n) is 4.72. The van der Waals surface area contributed by atoms with E-state index in [1.165, 1.54) is 17.7 Å². The van der Waals surface area contributed by atoms with Crippen LogP contribution in [0, 0.1) is 12.8 Å². The maximum absolute atomic E-state index is 11.4. The summed E-state index contributed by atoms with van der Waals surface area (Å²) >= 11 is 0. The van der Waals surface area contributed by atoms with Crippen molar-refractivity contribution < 1.29 is 9.53 Å². The summed E-state index contributed by atoms with van der Waals surface area (Å²) in [5.41, 5.74) is 3.77. The van der Waals surface area contributed by atoms with E-state index in [9.17, 15) is 4.79 Å². The van der Waals surface area contributed by atoms with Crippen molar-refractivity contribution in [2.24, 2.45) is 5.92 Å². The molecule has 0 spiro atoms. The fraction of sp³-hybridized carbons (Fsp3) is 0.667. The van der Waals surface area contributed by atoms with E-state index < -0.39 is 0 Å². The average molecular weight is 220 g/mol. The molecule has 2 aliphatic rings. The summed E-state index contributed by atoms with van der Waals surface area (Å²) in [6, 6.07) is 0. The Morgan fingerprint density at radius 1 is 1.62 bits per heavy atom. The second-order valence-corrected chi connectivity index (χ2v) is 4.72. The Morgan fingerprint density at radius 2 is 2.44 bits per heavy atom. The first-order chi connectivity index (χ1) is 7.70. The van der Waals surface area contributed by atoms with Crippen molar-refractivity contribution in [3.05, 3.63) is 17.0 Å². The number of hydrogen-bond donors (Lipinski definition) is 0. The van der Waals surface area contributed by atoms with Gasteiger partial charge in [0.15, 0.2) is 0 Å². The van der Waals surface area contributed by atoms with Crippen LogP contribution in [0.25, 0.3) is 0 Å². The number of aromatic nitrogens is 2. The first-order valence-electron chi connectivity index (χ1n) is 5.92. The number of carbonyl (C=O) groups is 1. The van der Waals surface area contributed by atoms with Gasteiger partial charge in [0.05, 0.1) is 12.3 Å². The lowest BCUT2D eigenvalue weighted by Crippen LogP contribution is -2.16. The van der Waals surface area contributed by atoms with E-state index in [0.717, 1.165) is 18.0 Å². The number of esters is 1. The van der Waals surface area contributed by atoms with Crippen molar-refractivity contribution in [2.75, 3.05) is 6.61 Å². The van der Waals surface area contributed by atoms with Gasteiger partial charge in [-0.3, -0.25) is 9.48 Å². The van der Waals surface area contributed by atoms with Gasteiger partial charge in [0.2, 0.25) is 0 Å². The van der Waals surface area contributed by atoms with Gasteiger partial charge in [0.25, 0.3) is 0 Å². The van der Waals surface area contributed by atoms with Crippen LogP contribution in [0.3, 0.4) is 0 Å². The fourth-order valence-corrected chi connectivity index (χ4v) is 2.71. The van der Waals surface area contributed by atoms with Gasteiger partial charge in [0, 0.05) is 11.6 Å². The molecule has 3 rings (SSSR count). The topological polar surface area (TPSA) is 44.1 Å². The quantitative estimate of drug-likeness (QED) is 0.723. The third-order valence-corrected chi connectivity index (χ3v) is 3.69. The molecular formula is C12H16N2O2. The molecule has 86 valence electrons. The minimum atomic E-state index is -0.195. The summed E-state index contributed by atoms with van der Waals surface area (Å²) in [7, 11) is 0. The number of ether oxygens (including phenoxy) is 1. The Balaban J connectivity index is 1.81. The summed E-state index contributed by atoms with van der Waals surface area (Å²) < 4.78 is 6.74. The monoisotopic (exact) mass is 220 g/mol. The van der Waals surface area contributed by atoms with Gasteiger partial charge in [-0.05, 0) is 38.2 Å². The van der Waals surface area contributed by atoms with Crippen molar-refractivity contribution in [1.29, 1.82) is 0 Å². The molecule has 0 saturated heterocycles. The van der Waals surface area contributed by atoms with Crippen LogP contribution >= 0.6 is 0 Å². The van der Waals surface area contributed by atoms with Crippen LogP contribution in [0.15, 0.2) is 0 Å². The van der Waals surface area contributed by atoms with Crippen LogP contribution < -0.4 is 0 Å². The van der Waals surface area contributed by atoms with E-state index in [1.54, 1.807) is 4.68 Å². The van der Waals surface area contributed by atoms with Crippen molar-refractivity contribution in [3.63, 3.8) is 0 Å². The molecule has 2 aliphatic carbocycles. The predicted octanol–water partition coefficient (Wildman–Crippen LogP) is 1.41. The van der Waals surface area contributed by atoms with E-state index >= 15 is 0 Å². The normalized spacial score (nSPS) is 25.1. The third kappa shape index (κ3) is 1.36. The Hall–Kier alpha value is -1.32. The lowest BCUT2D eigenvalue weighted by Gasteiger charge is -2.05. The first kappa shape index (κ1) is 9.87. The van der Waals surface area contributed by atoms with E-state index in [4.69, 9.17) is 4.74 Å². The molecular weight excluding hydrogens is 204 g/mol. The molecule has 2 unspecified atom stereocenters. The molecule has 0 amide bonds. The summed E-state index contributed by atoms with van der Waals surface area (Å²) in [5.74, 6) is 1.35. The van der Waals surface area contributed by atoms with E-state index in [2.05, 4.69) is 12.0 Å². The molecule has 2 atom stereocenters. The van der Waals surface area contributed by atoms with Crippen molar-refractivity contribution in [2.45, 2.75) is 39.2 Å². The lowest BCUT2D eigenvalue weighted by molar-refractivity contribution is -0.144. The van der Waals surface area contributed by atoms with Gasteiger partial charge in [-0.2, -0.15) is 5.10 Å². The predicted molar refractivity (Wildman–Crippen MR) is 58.1 cm³/mol. The molecule has 1 saturated carbocycles. The number of rotatable bonds is 3. The smallest absolute Gasteiger partial charge is 0.327 e.